The molecule has 6 nitrogen and oxygen atoms in total. The molecule has 0 spiro atoms. The highest BCUT2D eigenvalue weighted by molar-refractivity contribution is 5.68. The number of ether oxygens (including phenoxy) is 1. The van der Waals surface area contributed by atoms with Gasteiger partial charge in [0.1, 0.15) is 5.60 Å². The summed E-state index contributed by atoms with van der Waals surface area (Å²) in [6.07, 6.45) is 1.12. The molecule has 152 valence electrons. The fraction of sp³-hybridized carbons (Fsp3) is 0.895. The summed E-state index contributed by atoms with van der Waals surface area (Å²) in [6.45, 7) is 22.0. The zero-order valence-corrected chi connectivity index (χ0v) is 17.6. The lowest BCUT2D eigenvalue weighted by atomic mass is 10.1. The van der Waals surface area contributed by atoms with Crippen molar-refractivity contribution in [3.8, 4) is 0 Å². The fourth-order valence-electron chi connectivity index (χ4n) is 0.747. The molecule has 0 aliphatic rings. The van der Waals surface area contributed by atoms with Crippen LogP contribution in [-0.4, -0.2) is 39.6 Å². The summed E-state index contributed by atoms with van der Waals surface area (Å²) >= 11 is 0. The van der Waals surface area contributed by atoms with Gasteiger partial charge in [0.05, 0.1) is 11.1 Å². The first kappa shape index (κ1) is 31.4. The normalized spacial score (nSPS) is 11.2. The van der Waals surface area contributed by atoms with Crippen molar-refractivity contribution in [3.05, 3.63) is 0 Å². The second-order valence-electron chi connectivity index (χ2n) is 9.42. The molecule has 25 heavy (non-hydrogen) atoms. The number of nitrogens with zero attached hydrogens (tertiary/aromatic N) is 1. The molecule has 0 fully saturated rings. The van der Waals surface area contributed by atoms with Crippen molar-refractivity contribution in [1.29, 1.82) is 0 Å². The third kappa shape index (κ3) is 60.4. The van der Waals surface area contributed by atoms with Gasteiger partial charge >= 0.3 is 6.09 Å². The van der Waals surface area contributed by atoms with Gasteiger partial charge in [0.25, 0.3) is 0 Å². The van der Waals surface area contributed by atoms with Crippen molar-refractivity contribution in [1.82, 2.24) is 5.32 Å². The Balaban J connectivity index is -0.000000145. The zero-order valence-electron chi connectivity index (χ0n) is 17.6. The van der Waals surface area contributed by atoms with E-state index in [1.165, 1.54) is 6.08 Å². The van der Waals surface area contributed by atoms with Gasteiger partial charge in [-0.25, -0.2) is 14.6 Å². The van der Waals surface area contributed by atoms with Gasteiger partial charge in [0.2, 0.25) is 6.08 Å². The number of aliphatic imine (C=N–C) groups is 1. The number of carbonyl (C=O) groups is 1. The van der Waals surface area contributed by atoms with Gasteiger partial charge in [-0.05, 0) is 83.1 Å². The Kier molecular flexibility index (Phi) is 15.1. The first-order valence-electron chi connectivity index (χ1n) is 7.99. The molecule has 0 aliphatic carbocycles. The largest absolute Gasteiger partial charge is 0.444 e. The van der Waals surface area contributed by atoms with Crippen molar-refractivity contribution < 1.29 is 19.4 Å². The van der Waals surface area contributed by atoms with Crippen LogP contribution in [0.1, 0.15) is 90.5 Å². The van der Waals surface area contributed by atoms with Gasteiger partial charge in [0.15, 0.2) is 0 Å². The molecule has 0 aromatic rings. The number of hydrogen-bond donors (Lipinski definition) is 2. The standard InChI is InChI=1S/C9H19NO2.C5H9NO.C4H10O.CH4/c1-8(2,3)10-7(11)12-9(4,5)6;1-5(2,3)6-4-7;1-4(2,3)5;/h1-6H3,(H,10,11);1-3H3;5H,1-3H3;1H4. The van der Waals surface area contributed by atoms with E-state index in [1.807, 2.05) is 62.3 Å². The van der Waals surface area contributed by atoms with E-state index in [-0.39, 0.29) is 24.6 Å². The fourth-order valence-corrected chi connectivity index (χ4v) is 0.747. The molecule has 1 amide bonds. The summed E-state index contributed by atoms with van der Waals surface area (Å²) in [6, 6.07) is 0. The lowest BCUT2D eigenvalue weighted by molar-refractivity contribution is 0.0480. The number of rotatable bonds is 0. The number of alkyl carbamates (subject to hydrolysis) is 1. The number of carbonyl (C=O) groups excluding carboxylic acids is 2. The molecule has 2 N–H and O–H groups in total. The minimum Gasteiger partial charge on any atom is -0.444 e. The topological polar surface area (TPSA) is 88.0 Å². The molecule has 0 atom stereocenters. The van der Waals surface area contributed by atoms with Gasteiger partial charge < -0.3 is 15.2 Å². The van der Waals surface area contributed by atoms with E-state index in [1.54, 1.807) is 20.8 Å². The Bertz CT molecular complexity index is 375. The summed E-state index contributed by atoms with van der Waals surface area (Å²) in [5, 5.41) is 11.2. The summed E-state index contributed by atoms with van der Waals surface area (Å²) in [5.41, 5.74) is -1.40. The number of amides is 1. The average Bonchev–Trinajstić information content (AvgIpc) is 2.05. The molecule has 0 aromatic heterocycles. The van der Waals surface area contributed by atoms with Crippen molar-refractivity contribution in [3.63, 3.8) is 0 Å². The lowest BCUT2D eigenvalue weighted by Gasteiger charge is -2.25. The van der Waals surface area contributed by atoms with Crippen LogP contribution in [0, 0.1) is 0 Å². The first-order valence-corrected chi connectivity index (χ1v) is 7.99. The van der Waals surface area contributed by atoms with E-state index in [2.05, 4.69) is 10.3 Å². The maximum atomic E-state index is 11.1. The van der Waals surface area contributed by atoms with Crippen LogP contribution in [0.3, 0.4) is 0 Å². The number of aliphatic hydroxyl groups is 1. The Hall–Kier alpha value is -1.39. The molecule has 0 aromatic carbocycles. The number of hydrogen-bond acceptors (Lipinski definition) is 5. The molecule has 0 radical (unpaired) electrons. The Morgan fingerprint density at radius 1 is 0.920 bits per heavy atom. The van der Waals surface area contributed by atoms with E-state index in [4.69, 9.17) is 9.84 Å². The highest BCUT2D eigenvalue weighted by Crippen LogP contribution is 2.08. The van der Waals surface area contributed by atoms with Crippen LogP contribution in [0.2, 0.25) is 0 Å². The van der Waals surface area contributed by atoms with Gasteiger partial charge in [-0.15, -0.1) is 0 Å². The van der Waals surface area contributed by atoms with Crippen LogP contribution < -0.4 is 5.32 Å². The molecule has 0 saturated heterocycles. The van der Waals surface area contributed by atoms with Crippen LogP contribution in [0.4, 0.5) is 4.79 Å². The van der Waals surface area contributed by atoms with E-state index in [0.29, 0.717) is 0 Å². The zero-order chi connectivity index (χ0) is 20.4. The maximum absolute atomic E-state index is 11.1. The van der Waals surface area contributed by atoms with Gasteiger partial charge in [-0.1, -0.05) is 7.43 Å². The van der Waals surface area contributed by atoms with Crippen LogP contribution in [0.5, 0.6) is 0 Å². The Morgan fingerprint density at radius 2 is 1.24 bits per heavy atom. The number of nitrogens with one attached hydrogen (secondary N) is 1. The quantitative estimate of drug-likeness (QED) is 0.476. The van der Waals surface area contributed by atoms with Crippen LogP contribution in [0.25, 0.3) is 0 Å². The SMILES string of the molecule is C.CC(C)(C)N=C=O.CC(C)(C)NC(=O)OC(C)(C)C.CC(C)(C)O. The summed E-state index contributed by atoms with van der Waals surface area (Å²) < 4.78 is 5.06. The molecule has 0 aliphatic heterocycles. The van der Waals surface area contributed by atoms with Gasteiger partial charge in [-0.3, -0.25) is 0 Å². The molecule has 0 saturated carbocycles. The smallest absolute Gasteiger partial charge is 0.408 e. The molecule has 0 heterocycles. The molecular formula is C19H42N2O4. The highest BCUT2D eigenvalue weighted by Gasteiger charge is 2.20. The predicted molar refractivity (Wildman–Crippen MR) is 106 cm³/mol. The third-order valence-corrected chi connectivity index (χ3v) is 1.26. The Labute approximate surface area is 155 Å². The van der Waals surface area contributed by atoms with E-state index < -0.39 is 11.2 Å². The first-order chi connectivity index (χ1) is 10.2. The van der Waals surface area contributed by atoms with Crippen LogP contribution in [-0.2, 0) is 9.53 Å². The average molecular weight is 363 g/mol. The minimum atomic E-state index is -0.500. The molecule has 0 unspecified atom stereocenters. The molecule has 0 rings (SSSR count). The summed E-state index contributed by atoms with van der Waals surface area (Å²) in [7, 11) is 0. The van der Waals surface area contributed by atoms with Crippen molar-refractivity contribution in [2.24, 2.45) is 4.99 Å². The van der Waals surface area contributed by atoms with Crippen molar-refractivity contribution >= 4 is 12.2 Å². The van der Waals surface area contributed by atoms with Crippen molar-refractivity contribution in [2.75, 3.05) is 0 Å². The van der Waals surface area contributed by atoms with E-state index in [9.17, 15) is 9.59 Å². The van der Waals surface area contributed by atoms with Crippen molar-refractivity contribution in [2.45, 2.75) is 113 Å². The maximum Gasteiger partial charge on any atom is 0.408 e. The Morgan fingerprint density at radius 3 is 1.36 bits per heavy atom. The second-order valence-corrected chi connectivity index (χ2v) is 9.42. The number of isocyanates is 1. The van der Waals surface area contributed by atoms with Gasteiger partial charge in [-0.2, -0.15) is 0 Å². The molecular weight excluding hydrogens is 320 g/mol. The summed E-state index contributed by atoms with van der Waals surface area (Å²) in [4.78, 5) is 24.1. The lowest BCUT2D eigenvalue weighted by Crippen LogP contribution is -2.43. The van der Waals surface area contributed by atoms with E-state index >= 15 is 0 Å². The predicted octanol–water partition coefficient (Wildman–Crippen LogP) is 4.84. The van der Waals surface area contributed by atoms with Crippen LogP contribution in [0.15, 0.2) is 4.99 Å². The third-order valence-electron chi connectivity index (χ3n) is 1.26. The minimum absolute atomic E-state index is 0. The van der Waals surface area contributed by atoms with Crippen LogP contribution >= 0.6 is 0 Å². The second kappa shape index (κ2) is 12.0. The monoisotopic (exact) mass is 362 g/mol. The molecule has 6 heteroatoms. The summed E-state index contributed by atoms with van der Waals surface area (Å²) in [5.74, 6) is 0. The van der Waals surface area contributed by atoms with E-state index in [0.717, 1.165) is 0 Å². The molecule has 0 bridgehead atoms. The van der Waals surface area contributed by atoms with Gasteiger partial charge in [0, 0.05) is 5.54 Å². The highest BCUT2D eigenvalue weighted by atomic mass is 16.6.